The molecular formula is C17H22N2O3S. The van der Waals surface area contributed by atoms with Gasteiger partial charge in [0.25, 0.3) is 0 Å². The van der Waals surface area contributed by atoms with Gasteiger partial charge in [0.1, 0.15) is 0 Å². The Hall–Kier alpha value is -1.95. The summed E-state index contributed by atoms with van der Waals surface area (Å²) in [7, 11) is 0. The van der Waals surface area contributed by atoms with Gasteiger partial charge in [-0.3, -0.25) is 4.79 Å². The predicted octanol–water partition coefficient (Wildman–Crippen LogP) is 3.21. The Labute approximate surface area is 140 Å². The summed E-state index contributed by atoms with van der Waals surface area (Å²) >= 11 is 1.73. The van der Waals surface area contributed by atoms with Crippen molar-refractivity contribution in [1.29, 1.82) is 0 Å². The number of primary amides is 1. The summed E-state index contributed by atoms with van der Waals surface area (Å²) in [6.45, 7) is 0.522. The van der Waals surface area contributed by atoms with Crippen LogP contribution in [0.15, 0.2) is 41.3 Å². The first-order valence-electron chi connectivity index (χ1n) is 7.70. The number of benzene rings is 1. The Morgan fingerprint density at radius 2 is 2.09 bits per heavy atom. The maximum Gasteiger partial charge on any atom is 0.315 e. The molecule has 0 aliphatic carbocycles. The molecule has 0 spiro atoms. The second-order valence-corrected chi connectivity index (χ2v) is 6.72. The number of carbonyl (C=O) groups is 2. The third-order valence-corrected chi connectivity index (χ3v) is 5.04. The van der Waals surface area contributed by atoms with Crippen molar-refractivity contribution >= 4 is 23.8 Å². The highest BCUT2D eigenvalue weighted by Crippen LogP contribution is 2.34. The number of carbonyl (C=O) groups excluding carboxylic acids is 1. The average molecular weight is 334 g/mol. The molecule has 5 nitrogen and oxygen atoms in total. The van der Waals surface area contributed by atoms with Crippen molar-refractivity contribution in [1.82, 2.24) is 4.90 Å². The molecule has 1 aromatic rings. The van der Waals surface area contributed by atoms with Crippen LogP contribution in [0.5, 0.6) is 0 Å². The smallest absolute Gasteiger partial charge is 0.315 e. The number of carboxylic acid groups (broad SMARTS) is 1. The summed E-state index contributed by atoms with van der Waals surface area (Å²) in [6.07, 6.45) is 4.49. The quantitative estimate of drug-likeness (QED) is 0.750. The second-order valence-electron chi connectivity index (χ2n) is 5.58. The lowest BCUT2D eigenvalue weighted by atomic mass is 10.1. The van der Waals surface area contributed by atoms with Crippen LogP contribution in [0.2, 0.25) is 0 Å². The van der Waals surface area contributed by atoms with Crippen LogP contribution in [0.3, 0.4) is 0 Å². The van der Waals surface area contributed by atoms with Crippen molar-refractivity contribution in [2.45, 2.75) is 38.3 Å². The summed E-state index contributed by atoms with van der Waals surface area (Å²) in [5.74, 6) is 0.0729. The summed E-state index contributed by atoms with van der Waals surface area (Å²) in [4.78, 5) is 25.2. The first-order valence-corrected chi connectivity index (χ1v) is 8.68. The highest BCUT2D eigenvalue weighted by atomic mass is 32.2. The molecule has 1 fully saturated rings. The topological polar surface area (TPSA) is 83.6 Å². The molecule has 1 saturated heterocycles. The number of rotatable bonds is 7. The van der Waals surface area contributed by atoms with E-state index in [9.17, 15) is 9.59 Å². The summed E-state index contributed by atoms with van der Waals surface area (Å²) in [5.41, 5.74) is 6.62. The van der Waals surface area contributed by atoms with Crippen LogP contribution in [0.4, 0.5) is 4.79 Å². The molecule has 6 heteroatoms. The van der Waals surface area contributed by atoms with Gasteiger partial charge in [-0.05, 0) is 29.7 Å². The van der Waals surface area contributed by atoms with Gasteiger partial charge in [0.15, 0.2) is 0 Å². The Morgan fingerprint density at radius 3 is 2.74 bits per heavy atom. The van der Waals surface area contributed by atoms with Gasteiger partial charge in [-0.2, -0.15) is 0 Å². The van der Waals surface area contributed by atoms with Crippen LogP contribution in [0.25, 0.3) is 0 Å². The minimum atomic E-state index is -0.761. The van der Waals surface area contributed by atoms with E-state index < -0.39 is 12.0 Å². The second kappa shape index (κ2) is 8.62. The number of urea groups is 1. The van der Waals surface area contributed by atoms with Crippen LogP contribution in [-0.2, 0) is 11.3 Å². The van der Waals surface area contributed by atoms with Crippen molar-refractivity contribution in [2.75, 3.05) is 5.75 Å². The zero-order valence-electron chi connectivity index (χ0n) is 13.0. The fourth-order valence-electron chi connectivity index (χ4n) is 2.58. The Morgan fingerprint density at radius 1 is 1.35 bits per heavy atom. The largest absolute Gasteiger partial charge is 0.481 e. The highest BCUT2D eigenvalue weighted by molar-refractivity contribution is 8.03. The maximum absolute atomic E-state index is 11.8. The van der Waals surface area contributed by atoms with E-state index in [0.717, 1.165) is 24.2 Å². The maximum atomic E-state index is 11.8. The van der Waals surface area contributed by atoms with Crippen molar-refractivity contribution in [2.24, 2.45) is 5.73 Å². The molecule has 0 radical (unpaired) electrons. The molecule has 124 valence electrons. The van der Waals surface area contributed by atoms with Crippen LogP contribution in [-0.4, -0.2) is 33.8 Å². The van der Waals surface area contributed by atoms with Gasteiger partial charge in [0.05, 0.1) is 0 Å². The standard InChI is InChI=1S/C17H22N2O3S/c18-17(22)19(11-13-6-2-1-3-7-13)14-10-15(23-12-14)8-4-5-9-16(20)21/h1-3,6-8,14H,4-5,9-12H2,(H2,18,22)(H,20,21)/b15-8+/t14-/m1/s1. The molecule has 0 bridgehead atoms. The Kier molecular flexibility index (Phi) is 6.52. The number of thioether (sulfide) groups is 1. The minimum absolute atomic E-state index is 0.100. The summed E-state index contributed by atoms with van der Waals surface area (Å²) < 4.78 is 0. The fraction of sp³-hybridized carbons (Fsp3) is 0.412. The lowest BCUT2D eigenvalue weighted by Gasteiger charge is -2.26. The van der Waals surface area contributed by atoms with Crippen molar-refractivity contribution < 1.29 is 14.7 Å². The number of nitrogens with zero attached hydrogens (tertiary/aromatic N) is 1. The van der Waals surface area contributed by atoms with E-state index in [1.165, 1.54) is 4.91 Å². The van der Waals surface area contributed by atoms with E-state index >= 15 is 0 Å². The van der Waals surface area contributed by atoms with Crippen molar-refractivity contribution in [3.05, 3.63) is 46.9 Å². The number of carboxylic acids is 1. The average Bonchev–Trinajstić information content (AvgIpc) is 2.98. The monoisotopic (exact) mass is 334 g/mol. The van der Waals surface area contributed by atoms with E-state index in [4.69, 9.17) is 10.8 Å². The van der Waals surface area contributed by atoms with Gasteiger partial charge in [-0.15, -0.1) is 11.8 Å². The number of nitrogens with two attached hydrogens (primary N) is 1. The van der Waals surface area contributed by atoms with E-state index in [1.54, 1.807) is 16.7 Å². The van der Waals surface area contributed by atoms with Crippen LogP contribution >= 0.6 is 11.8 Å². The van der Waals surface area contributed by atoms with Crippen molar-refractivity contribution in [3.63, 3.8) is 0 Å². The number of allylic oxidation sites excluding steroid dienone is 1. The molecule has 2 rings (SSSR count). The molecule has 0 saturated carbocycles. The number of amides is 2. The van der Waals surface area contributed by atoms with Gasteiger partial charge in [0.2, 0.25) is 0 Å². The molecule has 1 heterocycles. The molecule has 1 aliphatic heterocycles. The van der Waals surface area contributed by atoms with E-state index in [-0.39, 0.29) is 12.5 Å². The van der Waals surface area contributed by atoms with Crippen LogP contribution in [0.1, 0.15) is 31.2 Å². The molecule has 1 atom stereocenters. The van der Waals surface area contributed by atoms with Crippen molar-refractivity contribution in [3.8, 4) is 0 Å². The fourth-order valence-corrected chi connectivity index (χ4v) is 3.83. The normalized spacial score (nSPS) is 19.0. The number of aliphatic carboxylic acids is 1. The first-order chi connectivity index (χ1) is 11.1. The van der Waals surface area contributed by atoms with Gasteiger partial charge in [-0.1, -0.05) is 36.4 Å². The van der Waals surface area contributed by atoms with Gasteiger partial charge in [-0.25, -0.2) is 4.79 Å². The lowest BCUT2D eigenvalue weighted by molar-refractivity contribution is -0.137. The Bertz CT molecular complexity index is 574. The zero-order chi connectivity index (χ0) is 16.7. The molecule has 1 aliphatic rings. The number of unbranched alkanes of at least 4 members (excludes halogenated alkanes) is 1. The van der Waals surface area contributed by atoms with E-state index in [0.29, 0.717) is 13.0 Å². The summed E-state index contributed by atoms with van der Waals surface area (Å²) in [5, 5.41) is 8.64. The van der Waals surface area contributed by atoms with Gasteiger partial charge in [0, 0.05) is 24.8 Å². The van der Waals surface area contributed by atoms with Crippen LogP contribution < -0.4 is 5.73 Å². The summed E-state index contributed by atoms with van der Waals surface area (Å²) in [6, 6.07) is 9.52. The van der Waals surface area contributed by atoms with Gasteiger partial charge >= 0.3 is 12.0 Å². The third kappa shape index (κ3) is 5.63. The molecular weight excluding hydrogens is 312 g/mol. The molecule has 2 amide bonds. The van der Waals surface area contributed by atoms with Crippen LogP contribution in [0, 0.1) is 0 Å². The lowest BCUT2D eigenvalue weighted by Crippen LogP contribution is -2.43. The van der Waals surface area contributed by atoms with Gasteiger partial charge < -0.3 is 15.7 Å². The minimum Gasteiger partial charge on any atom is -0.481 e. The third-order valence-electron chi connectivity index (χ3n) is 3.78. The molecule has 0 unspecified atom stereocenters. The number of hydrogen-bond donors (Lipinski definition) is 2. The number of hydrogen-bond acceptors (Lipinski definition) is 3. The Balaban J connectivity index is 1.90. The SMILES string of the molecule is NC(=O)N(Cc1ccccc1)[C@H]1CS/C(=C/CCCC(=O)O)C1. The molecule has 1 aromatic carbocycles. The highest BCUT2D eigenvalue weighted by Gasteiger charge is 2.28. The van der Waals surface area contributed by atoms with E-state index in [1.807, 2.05) is 30.3 Å². The first kappa shape index (κ1) is 17.4. The molecule has 3 N–H and O–H groups in total. The van der Waals surface area contributed by atoms with E-state index in [2.05, 4.69) is 6.08 Å². The molecule has 23 heavy (non-hydrogen) atoms. The molecule has 0 aromatic heterocycles. The predicted molar refractivity (Wildman–Crippen MR) is 92.0 cm³/mol. The zero-order valence-corrected chi connectivity index (χ0v) is 13.8.